The summed E-state index contributed by atoms with van der Waals surface area (Å²) in [6.07, 6.45) is 10.4. The molecule has 1 saturated carbocycles. The summed E-state index contributed by atoms with van der Waals surface area (Å²) < 4.78 is 6.67. The van der Waals surface area contributed by atoms with Crippen LogP contribution in [0, 0.1) is 0 Å². The van der Waals surface area contributed by atoms with Crippen LogP contribution in [0.3, 0.4) is 0 Å². The van der Waals surface area contributed by atoms with Gasteiger partial charge in [-0.1, -0.05) is 43.2 Å². The van der Waals surface area contributed by atoms with E-state index in [0.717, 1.165) is 52.4 Å². The van der Waals surface area contributed by atoms with Crippen molar-refractivity contribution in [3.63, 3.8) is 0 Å². The van der Waals surface area contributed by atoms with E-state index in [1.165, 1.54) is 0 Å². The van der Waals surface area contributed by atoms with Gasteiger partial charge in [0.1, 0.15) is 5.52 Å². The summed E-state index contributed by atoms with van der Waals surface area (Å²) in [6.45, 7) is 0. The Kier molecular flexibility index (Phi) is 6.10. The Bertz CT molecular complexity index is 1630. The maximum atomic E-state index is 13.6. The molecule has 0 radical (unpaired) electrons. The highest BCUT2D eigenvalue weighted by Gasteiger charge is 2.26. The second kappa shape index (κ2) is 9.71. The Morgan fingerprint density at radius 2 is 1.70 bits per heavy atom. The molecular weight excluding hydrogens is 466 g/mol. The number of nitrogens with zero attached hydrogens (tertiary/aromatic N) is 5. The number of aliphatic hydroxyl groups excluding tert-OH is 1. The molecule has 2 atom stereocenters. The van der Waals surface area contributed by atoms with Crippen LogP contribution in [-0.4, -0.2) is 42.8 Å². The van der Waals surface area contributed by atoms with Crippen molar-refractivity contribution in [2.75, 3.05) is 7.11 Å². The van der Waals surface area contributed by atoms with Gasteiger partial charge in [-0.05, 0) is 48.1 Å². The van der Waals surface area contributed by atoms with Gasteiger partial charge in [0, 0.05) is 29.5 Å². The van der Waals surface area contributed by atoms with Crippen molar-refractivity contribution in [2.24, 2.45) is 0 Å². The zero-order chi connectivity index (χ0) is 25.4. The van der Waals surface area contributed by atoms with Crippen molar-refractivity contribution in [1.29, 1.82) is 0 Å². The molecule has 0 spiro atoms. The highest BCUT2D eigenvalue weighted by molar-refractivity contribution is 6.04. The van der Waals surface area contributed by atoms with Crippen LogP contribution in [0.25, 0.3) is 32.9 Å². The van der Waals surface area contributed by atoms with Gasteiger partial charge in [-0.25, -0.2) is 15.0 Å². The van der Waals surface area contributed by atoms with Crippen molar-refractivity contribution < 1.29 is 9.84 Å². The second-order valence-corrected chi connectivity index (χ2v) is 9.54. The summed E-state index contributed by atoms with van der Waals surface area (Å²) in [5.74, 6) is 0. The van der Waals surface area contributed by atoms with Crippen molar-refractivity contribution in [3.05, 3.63) is 88.9 Å². The van der Waals surface area contributed by atoms with E-state index in [1.54, 1.807) is 36.6 Å². The van der Waals surface area contributed by atoms with E-state index >= 15 is 0 Å². The number of aromatic nitrogens is 5. The van der Waals surface area contributed by atoms with E-state index in [1.807, 2.05) is 30.3 Å². The van der Waals surface area contributed by atoms with Crippen LogP contribution in [0.1, 0.15) is 42.9 Å². The lowest BCUT2D eigenvalue weighted by Gasteiger charge is -2.29. The van der Waals surface area contributed by atoms with Gasteiger partial charge >= 0.3 is 6.01 Å². The van der Waals surface area contributed by atoms with Crippen molar-refractivity contribution in [1.82, 2.24) is 24.5 Å². The van der Waals surface area contributed by atoms with Crippen molar-refractivity contribution in [3.8, 4) is 17.1 Å². The van der Waals surface area contributed by atoms with Crippen molar-refractivity contribution >= 4 is 21.8 Å². The standard InChI is InChI=1S/C29H27N5O3/c1-37-29-31-15-21(16-32-29)19-10-8-18(9-11-19)13-20-14-23-27(26-22(20)5-4-12-30-26)33-17-34(28(23)36)24-6-2-3-7-25(24)35/h4-5,8-12,14-17,24-25,35H,2-3,6-7,13H2,1H3/t24-,25-/m0/s1. The molecule has 0 aliphatic heterocycles. The van der Waals surface area contributed by atoms with Gasteiger partial charge in [0.15, 0.2) is 0 Å². The second-order valence-electron chi connectivity index (χ2n) is 9.54. The highest BCUT2D eigenvalue weighted by atomic mass is 16.5. The summed E-state index contributed by atoms with van der Waals surface area (Å²) in [5, 5.41) is 12.1. The molecule has 3 aromatic heterocycles. The molecule has 0 saturated heterocycles. The predicted molar refractivity (Wildman–Crippen MR) is 142 cm³/mol. The van der Waals surface area contributed by atoms with E-state index < -0.39 is 6.10 Å². The summed E-state index contributed by atoms with van der Waals surface area (Å²) in [7, 11) is 1.54. The van der Waals surface area contributed by atoms with Gasteiger partial charge < -0.3 is 9.84 Å². The maximum Gasteiger partial charge on any atom is 0.316 e. The molecular formula is C29H27N5O3. The quantitative estimate of drug-likeness (QED) is 0.360. The minimum absolute atomic E-state index is 0.125. The molecule has 8 nitrogen and oxygen atoms in total. The monoisotopic (exact) mass is 493 g/mol. The van der Waals surface area contributed by atoms with Crippen LogP contribution in [0.2, 0.25) is 0 Å². The third-order valence-electron chi connectivity index (χ3n) is 7.27. The molecule has 1 aliphatic carbocycles. The molecule has 0 bridgehead atoms. The summed E-state index contributed by atoms with van der Waals surface area (Å²) in [6, 6.07) is 14.2. The number of pyridine rings is 1. The van der Waals surface area contributed by atoms with Gasteiger partial charge in [0.05, 0.1) is 36.5 Å². The first-order chi connectivity index (χ1) is 18.1. The molecule has 2 aromatic carbocycles. The third kappa shape index (κ3) is 4.34. The Morgan fingerprint density at radius 1 is 0.946 bits per heavy atom. The smallest absolute Gasteiger partial charge is 0.316 e. The lowest BCUT2D eigenvalue weighted by molar-refractivity contribution is 0.0735. The number of fused-ring (bicyclic) bond motifs is 3. The zero-order valence-electron chi connectivity index (χ0n) is 20.5. The van der Waals surface area contributed by atoms with E-state index in [4.69, 9.17) is 4.74 Å². The fourth-order valence-corrected chi connectivity index (χ4v) is 5.31. The molecule has 1 N–H and O–H groups in total. The van der Waals surface area contributed by atoms with Gasteiger partial charge in [-0.15, -0.1) is 0 Å². The van der Waals surface area contributed by atoms with Crippen molar-refractivity contribution in [2.45, 2.75) is 44.2 Å². The van der Waals surface area contributed by atoms with E-state index in [2.05, 4.69) is 32.1 Å². The maximum absolute atomic E-state index is 13.6. The summed E-state index contributed by atoms with van der Waals surface area (Å²) in [4.78, 5) is 31.3. The van der Waals surface area contributed by atoms with E-state index in [0.29, 0.717) is 29.8 Å². The topological polar surface area (TPSA) is 103 Å². The first-order valence-corrected chi connectivity index (χ1v) is 12.5. The van der Waals surface area contributed by atoms with Gasteiger partial charge in [-0.3, -0.25) is 14.3 Å². The van der Waals surface area contributed by atoms with Crippen LogP contribution in [-0.2, 0) is 6.42 Å². The first-order valence-electron chi connectivity index (χ1n) is 12.5. The number of ether oxygens (including phenoxy) is 1. The minimum Gasteiger partial charge on any atom is -0.467 e. The summed E-state index contributed by atoms with van der Waals surface area (Å²) >= 11 is 0. The predicted octanol–water partition coefficient (Wildman–Crippen LogP) is 4.48. The number of rotatable bonds is 5. The van der Waals surface area contributed by atoms with Crippen LogP contribution < -0.4 is 10.3 Å². The van der Waals surface area contributed by atoms with Crippen LogP contribution in [0.4, 0.5) is 0 Å². The fourth-order valence-electron chi connectivity index (χ4n) is 5.31. The molecule has 0 amide bonds. The number of methoxy groups -OCH3 is 1. The van der Waals surface area contributed by atoms with Crippen LogP contribution >= 0.6 is 0 Å². The Morgan fingerprint density at radius 3 is 2.46 bits per heavy atom. The first kappa shape index (κ1) is 23.2. The largest absolute Gasteiger partial charge is 0.467 e. The van der Waals surface area contributed by atoms with Gasteiger partial charge in [-0.2, -0.15) is 0 Å². The third-order valence-corrected chi connectivity index (χ3v) is 7.27. The number of aliphatic hydroxyl groups is 1. The lowest BCUT2D eigenvalue weighted by Crippen LogP contribution is -2.34. The molecule has 3 heterocycles. The normalized spacial score (nSPS) is 17.8. The van der Waals surface area contributed by atoms with Crippen LogP contribution in [0.5, 0.6) is 6.01 Å². The van der Waals surface area contributed by atoms with Gasteiger partial charge in [0.2, 0.25) is 0 Å². The zero-order valence-corrected chi connectivity index (χ0v) is 20.5. The van der Waals surface area contributed by atoms with Crippen LogP contribution in [0.15, 0.2) is 72.2 Å². The number of hydrogen-bond acceptors (Lipinski definition) is 7. The minimum atomic E-state index is -0.529. The van der Waals surface area contributed by atoms with E-state index in [9.17, 15) is 9.90 Å². The number of benzene rings is 2. The summed E-state index contributed by atoms with van der Waals surface area (Å²) in [5.41, 5.74) is 5.22. The molecule has 6 rings (SSSR count). The Balaban J connectivity index is 1.39. The molecule has 186 valence electrons. The SMILES string of the molecule is COc1ncc(-c2ccc(Cc3cc4c(=O)n([C@H]5CCCC[C@@H]5O)cnc4c4ncccc34)cc2)cn1. The molecule has 37 heavy (non-hydrogen) atoms. The lowest BCUT2D eigenvalue weighted by atomic mass is 9.92. The molecule has 1 fully saturated rings. The average Bonchev–Trinajstić information content (AvgIpc) is 2.95. The molecule has 8 heteroatoms. The Labute approximate surface area is 213 Å². The Hall–Kier alpha value is -4.17. The molecule has 0 unspecified atom stereocenters. The molecule has 5 aromatic rings. The van der Waals surface area contributed by atoms with Gasteiger partial charge in [0.25, 0.3) is 5.56 Å². The highest BCUT2D eigenvalue weighted by Crippen LogP contribution is 2.30. The number of hydrogen-bond donors (Lipinski definition) is 1. The average molecular weight is 494 g/mol. The fraction of sp³-hybridized carbons (Fsp3) is 0.276. The molecule has 1 aliphatic rings. The van der Waals surface area contributed by atoms with E-state index in [-0.39, 0.29) is 11.6 Å².